The molecule has 0 saturated heterocycles. The van der Waals surface area contributed by atoms with Gasteiger partial charge in [-0.25, -0.2) is 9.59 Å². The topological polar surface area (TPSA) is 94.8 Å². The molecule has 2 aromatic rings. The highest BCUT2D eigenvalue weighted by atomic mass is 35.5. The monoisotopic (exact) mass is 407 g/mol. The van der Waals surface area contributed by atoms with Crippen LogP contribution in [0.25, 0.3) is 0 Å². The van der Waals surface area contributed by atoms with E-state index in [2.05, 4.69) is 10.1 Å². The molecule has 7 nitrogen and oxygen atoms in total. The van der Waals surface area contributed by atoms with Gasteiger partial charge in [-0.15, -0.1) is 0 Å². The SMILES string of the molecule is CCC(C)C(NC(=O)c1ccc(Cl)cc1)C(=O)OCc1ccc(C(=O)OC)o1. The number of carbonyl (C=O) groups is 3. The second kappa shape index (κ2) is 9.94. The Morgan fingerprint density at radius 2 is 1.82 bits per heavy atom. The van der Waals surface area contributed by atoms with Gasteiger partial charge in [0.1, 0.15) is 18.4 Å². The number of rotatable bonds is 8. The largest absolute Gasteiger partial charge is 0.463 e. The Morgan fingerprint density at radius 3 is 2.43 bits per heavy atom. The molecule has 0 aliphatic carbocycles. The summed E-state index contributed by atoms with van der Waals surface area (Å²) >= 11 is 5.83. The van der Waals surface area contributed by atoms with Crippen molar-refractivity contribution >= 4 is 29.4 Å². The summed E-state index contributed by atoms with van der Waals surface area (Å²) in [5.41, 5.74) is 0.388. The lowest BCUT2D eigenvalue weighted by molar-refractivity contribution is -0.149. The summed E-state index contributed by atoms with van der Waals surface area (Å²) in [5.74, 6) is -1.45. The molecule has 2 unspecified atom stereocenters. The van der Waals surface area contributed by atoms with Gasteiger partial charge in [0.15, 0.2) is 0 Å². The normalized spacial score (nSPS) is 12.7. The fourth-order valence-electron chi connectivity index (χ4n) is 2.39. The summed E-state index contributed by atoms with van der Waals surface area (Å²) in [6.45, 7) is 3.59. The van der Waals surface area contributed by atoms with Gasteiger partial charge < -0.3 is 19.2 Å². The lowest BCUT2D eigenvalue weighted by atomic mass is 9.99. The first kappa shape index (κ1) is 21.5. The molecule has 0 radical (unpaired) electrons. The summed E-state index contributed by atoms with van der Waals surface area (Å²) in [4.78, 5) is 36.4. The minimum Gasteiger partial charge on any atom is -0.463 e. The van der Waals surface area contributed by atoms with Crippen LogP contribution in [0.15, 0.2) is 40.8 Å². The van der Waals surface area contributed by atoms with Gasteiger partial charge >= 0.3 is 11.9 Å². The minimum atomic E-state index is -0.830. The molecule has 0 bridgehead atoms. The van der Waals surface area contributed by atoms with Crippen LogP contribution in [0.3, 0.4) is 0 Å². The van der Waals surface area contributed by atoms with Crippen LogP contribution < -0.4 is 5.32 Å². The second-order valence-electron chi connectivity index (χ2n) is 6.21. The molecular weight excluding hydrogens is 386 g/mol. The number of nitrogens with one attached hydrogen (secondary N) is 1. The third-order valence-corrected chi connectivity index (χ3v) is 4.52. The van der Waals surface area contributed by atoms with Crippen molar-refractivity contribution in [1.82, 2.24) is 5.32 Å². The van der Waals surface area contributed by atoms with Crippen molar-refractivity contribution in [3.63, 3.8) is 0 Å². The molecule has 2 rings (SSSR count). The standard InChI is InChI=1S/C20H22ClNO6/c1-4-12(2)17(22-18(23)13-5-7-14(21)8-6-13)20(25)27-11-15-9-10-16(28-15)19(24)26-3/h5-10,12,17H,4,11H2,1-3H3,(H,22,23). The lowest BCUT2D eigenvalue weighted by Crippen LogP contribution is -2.45. The molecule has 8 heteroatoms. The molecule has 0 aliphatic heterocycles. The quantitative estimate of drug-likeness (QED) is 0.672. The van der Waals surface area contributed by atoms with Crippen molar-refractivity contribution in [3.05, 3.63) is 58.5 Å². The summed E-state index contributed by atoms with van der Waals surface area (Å²) in [7, 11) is 1.24. The van der Waals surface area contributed by atoms with Crippen LogP contribution in [-0.4, -0.2) is 31.0 Å². The highest BCUT2D eigenvalue weighted by Gasteiger charge is 2.28. The van der Waals surface area contributed by atoms with Gasteiger partial charge in [0.25, 0.3) is 5.91 Å². The molecule has 28 heavy (non-hydrogen) atoms. The maximum absolute atomic E-state index is 12.5. The molecular formula is C20H22ClNO6. The first-order valence-corrected chi connectivity index (χ1v) is 9.13. The van der Waals surface area contributed by atoms with Gasteiger partial charge in [-0.2, -0.15) is 0 Å². The summed E-state index contributed by atoms with van der Waals surface area (Å²) in [6.07, 6.45) is 0.661. The molecule has 1 amide bonds. The first-order valence-electron chi connectivity index (χ1n) is 8.75. The van der Waals surface area contributed by atoms with E-state index in [0.29, 0.717) is 22.8 Å². The molecule has 0 saturated carbocycles. The fraction of sp³-hybridized carbons (Fsp3) is 0.350. The number of amides is 1. The third-order valence-electron chi connectivity index (χ3n) is 4.26. The van der Waals surface area contributed by atoms with Crippen molar-refractivity contribution < 1.29 is 28.3 Å². The number of methoxy groups -OCH3 is 1. The maximum atomic E-state index is 12.5. The number of halogens is 1. The number of benzene rings is 1. The van der Waals surface area contributed by atoms with Crippen molar-refractivity contribution in [2.75, 3.05) is 7.11 Å². The molecule has 1 aromatic heterocycles. The summed E-state index contributed by atoms with van der Waals surface area (Å²) in [6, 6.07) is 8.48. The fourth-order valence-corrected chi connectivity index (χ4v) is 2.52. The first-order chi connectivity index (χ1) is 13.3. The molecule has 0 spiro atoms. The molecule has 0 aliphatic rings. The Hall–Kier alpha value is -2.80. The van der Waals surface area contributed by atoms with Crippen LogP contribution in [0.5, 0.6) is 0 Å². The smallest absolute Gasteiger partial charge is 0.373 e. The van der Waals surface area contributed by atoms with E-state index >= 15 is 0 Å². The predicted octanol–water partition coefficient (Wildman–Crippen LogP) is 3.61. The molecule has 0 fully saturated rings. The molecule has 2 atom stereocenters. The molecule has 1 heterocycles. The molecule has 1 aromatic carbocycles. The Balaban J connectivity index is 2.02. The summed E-state index contributed by atoms with van der Waals surface area (Å²) in [5, 5.41) is 3.22. The van der Waals surface area contributed by atoms with E-state index in [1.54, 1.807) is 24.3 Å². The number of ether oxygens (including phenoxy) is 2. The maximum Gasteiger partial charge on any atom is 0.373 e. The molecule has 150 valence electrons. The number of hydrogen-bond acceptors (Lipinski definition) is 6. The van der Waals surface area contributed by atoms with Crippen molar-refractivity contribution in [2.45, 2.75) is 32.9 Å². The van der Waals surface area contributed by atoms with Crippen molar-refractivity contribution in [1.29, 1.82) is 0 Å². The van der Waals surface area contributed by atoms with E-state index in [-0.39, 0.29) is 18.3 Å². The van der Waals surface area contributed by atoms with Crippen LogP contribution in [-0.2, 0) is 20.9 Å². The Labute approximate surface area is 167 Å². The second-order valence-corrected chi connectivity index (χ2v) is 6.65. The van der Waals surface area contributed by atoms with E-state index in [1.807, 2.05) is 13.8 Å². The third kappa shape index (κ3) is 5.60. The van der Waals surface area contributed by atoms with Gasteiger partial charge in [-0.3, -0.25) is 4.79 Å². The Kier molecular flexibility index (Phi) is 7.63. The highest BCUT2D eigenvalue weighted by Crippen LogP contribution is 2.15. The number of carbonyl (C=O) groups excluding carboxylic acids is 3. The van der Waals surface area contributed by atoms with Gasteiger partial charge in [-0.05, 0) is 42.3 Å². The number of hydrogen-bond donors (Lipinski definition) is 1. The van der Waals surface area contributed by atoms with Crippen molar-refractivity contribution in [3.8, 4) is 0 Å². The average Bonchev–Trinajstić information content (AvgIpc) is 3.18. The van der Waals surface area contributed by atoms with Gasteiger partial charge in [-0.1, -0.05) is 31.9 Å². The van der Waals surface area contributed by atoms with Crippen LogP contribution in [0, 0.1) is 5.92 Å². The molecule has 1 N–H and O–H groups in total. The van der Waals surface area contributed by atoms with E-state index in [1.165, 1.54) is 19.2 Å². The van der Waals surface area contributed by atoms with Crippen molar-refractivity contribution in [2.24, 2.45) is 5.92 Å². The Morgan fingerprint density at radius 1 is 1.14 bits per heavy atom. The van der Waals surface area contributed by atoms with Crippen LogP contribution in [0.2, 0.25) is 5.02 Å². The number of furan rings is 1. The lowest BCUT2D eigenvalue weighted by Gasteiger charge is -2.22. The zero-order valence-electron chi connectivity index (χ0n) is 15.9. The number of esters is 2. The predicted molar refractivity (Wildman–Crippen MR) is 102 cm³/mol. The minimum absolute atomic E-state index is 0.0167. The van der Waals surface area contributed by atoms with Gasteiger partial charge in [0.2, 0.25) is 5.76 Å². The summed E-state index contributed by atoms with van der Waals surface area (Å²) < 4.78 is 15.1. The highest BCUT2D eigenvalue weighted by molar-refractivity contribution is 6.30. The Bertz CT molecular complexity index is 829. The van der Waals surface area contributed by atoms with Gasteiger partial charge in [0.05, 0.1) is 7.11 Å². The van der Waals surface area contributed by atoms with Crippen LogP contribution >= 0.6 is 11.6 Å². The van der Waals surface area contributed by atoms with E-state index in [9.17, 15) is 14.4 Å². The van der Waals surface area contributed by atoms with E-state index in [4.69, 9.17) is 20.8 Å². The van der Waals surface area contributed by atoms with E-state index in [0.717, 1.165) is 0 Å². The zero-order chi connectivity index (χ0) is 20.7. The van der Waals surface area contributed by atoms with Crippen LogP contribution in [0.4, 0.5) is 0 Å². The average molecular weight is 408 g/mol. The van der Waals surface area contributed by atoms with Crippen LogP contribution in [0.1, 0.15) is 46.9 Å². The zero-order valence-corrected chi connectivity index (χ0v) is 16.6. The van der Waals surface area contributed by atoms with E-state index < -0.39 is 23.9 Å². The van der Waals surface area contributed by atoms with Gasteiger partial charge in [0, 0.05) is 10.6 Å².